The Bertz CT molecular complexity index is 290. The van der Waals surface area contributed by atoms with Crippen LogP contribution in [-0.4, -0.2) is 49.2 Å². The topological polar surface area (TPSA) is 41.6 Å². The van der Waals surface area contributed by atoms with Crippen LogP contribution in [0.4, 0.5) is 0 Å². The molecule has 1 rings (SSSR count). The Kier molecular flexibility index (Phi) is 7.52. The van der Waals surface area contributed by atoms with E-state index in [9.17, 15) is 4.79 Å². The smallest absolute Gasteiger partial charge is 0.326 e. The highest BCUT2D eigenvalue weighted by atomic mass is 16.5. The number of carbonyl (C=O) groups excluding carboxylic acids is 1. The largest absolute Gasteiger partial charge is 0.465 e. The Balaban J connectivity index is 2.39. The first-order chi connectivity index (χ1) is 9.53. The molecule has 0 bridgehead atoms. The first-order valence-electron chi connectivity index (χ1n) is 8.16. The Morgan fingerprint density at radius 3 is 2.55 bits per heavy atom. The zero-order valence-electron chi connectivity index (χ0n) is 13.7. The predicted molar refractivity (Wildman–Crippen MR) is 82.8 cm³/mol. The van der Waals surface area contributed by atoms with Gasteiger partial charge in [0.2, 0.25) is 0 Å². The van der Waals surface area contributed by atoms with Crippen molar-refractivity contribution in [3.63, 3.8) is 0 Å². The van der Waals surface area contributed by atoms with Crippen molar-refractivity contribution in [2.24, 2.45) is 0 Å². The van der Waals surface area contributed by atoms with Crippen molar-refractivity contribution in [2.45, 2.75) is 70.9 Å². The molecule has 4 nitrogen and oxygen atoms in total. The maximum Gasteiger partial charge on any atom is 0.326 e. The second kappa shape index (κ2) is 8.63. The third kappa shape index (κ3) is 5.06. The molecular formula is C16H32N2O2. The summed E-state index contributed by atoms with van der Waals surface area (Å²) >= 11 is 0. The molecule has 1 aliphatic rings. The molecule has 1 N–H and O–H groups in total. The first-order valence-corrected chi connectivity index (χ1v) is 8.16. The second-order valence-electron chi connectivity index (χ2n) is 6.11. The lowest BCUT2D eigenvalue weighted by Gasteiger charge is -2.30. The molecule has 1 saturated carbocycles. The first kappa shape index (κ1) is 17.4. The quantitative estimate of drug-likeness (QED) is 0.661. The average molecular weight is 284 g/mol. The lowest BCUT2D eigenvalue weighted by Crippen LogP contribution is -2.50. The second-order valence-corrected chi connectivity index (χ2v) is 6.11. The summed E-state index contributed by atoms with van der Waals surface area (Å²) in [5.41, 5.74) is -0.540. The molecule has 118 valence electrons. The van der Waals surface area contributed by atoms with Crippen molar-refractivity contribution in [2.75, 3.05) is 26.7 Å². The molecule has 4 heteroatoms. The Morgan fingerprint density at radius 1 is 1.35 bits per heavy atom. The summed E-state index contributed by atoms with van der Waals surface area (Å²) in [5, 5.41) is 3.29. The molecule has 1 unspecified atom stereocenters. The summed E-state index contributed by atoms with van der Waals surface area (Å²) in [4.78, 5) is 14.6. The van der Waals surface area contributed by atoms with E-state index in [1.54, 1.807) is 0 Å². The highest BCUT2D eigenvalue weighted by Crippen LogP contribution is 2.23. The molecule has 0 aliphatic heterocycles. The van der Waals surface area contributed by atoms with Gasteiger partial charge < -0.3 is 15.0 Å². The van der Waals surface area contributed by atoms with E-state index in [-0.39, 0.29) is 5.97 Å². The number of esters is 1. The average Bonchev–Trinajstić information content (AvgIpc) is 2.93. The standard InChI is InChI=1S/C16H32N2O2/c1-5-17-16(3,15(19)20-6-2)12-9-13-18(4)14-10-7-8-11-14/h14,17H,5-13H2,1-4H3. The van der Waals surface area contributed by atoms with Crippen molar-refractivity contribution in [1.29, 1.82) is 0 Å². The molecule has 0 amide bonds. The molecule has 20 heavy (non-hydrogen) atoms. The minimum absolute atomic E-state index is 0.120. The Labute approximate surface area is 124 Å². The highest BCUT2D eigenvalue weighted by Gasteiger charge is 2.33. The summed E-state index contributed by atoms with van der Waals surface area (Å²) in [6.45, 7) is 8.14. The van der Waals surface area contributed by atoms with Crippen LogP contribution in [0.25, 0.3) is 0 Å². The SMILES string of the molecule is CCNC(C)(CCCN(C)C1CCCC1)C(=O)OCC. The lowest BCUT2D eigenvalue weighted by molar-refractivity contribution is -0.150. The van der Waals surface area contributed by atoms with Crippen LogP contribution in [0.2, 0.25) is 0 Å². The number of nitrogens with one attached hydrogen (secondary N) is 1. The molecule has 0 spiro atoms. The Morgan fingerprint density at radius 2 is 2.00 bits per heavy atom. The van der Waals surface area contributed by atoms with Gasteiger partial charge in [-0.1, -0.05) is 19.8 Å². The molecule has 1 atom stereocenters. The van der Waals surface area contributed by atoms with E-state index < -0.39 is 5.54 Å². The van der Waals surface area contributed by atoms with Crippen molar-refractivity contribution in [3.8, 4) is 0 Å². The fourth-order valence-corrected chi connectivity index (χ4v) is 3.15. The van der Waals surface area contributed by atoms with E-state index in [1.165, 1.54) is 25.7 Å². The number of ether oxygens (including phenoxy) is 1. The highest BCUT2D eigenvalue weighted by molar-refractivity contribution is 5.80. The molecule has 0 aromatic heterocycles. The van der Waals surface area contributed by atoms with Gasteiger partial charge in [0, 0.05) is 6.04 Å². The van der Waals surface area contributed by atoms with E-state index in [0.29, 0.717) is 6.61 Å². The fraction of sp³-hybridized carbons (Fsp3) is 0.938. The van der Waals surface area contributed by atoms with Crippen LogP contribution >= 0.6 is 0 Å². The number of hydrogen-bond acceptors (Lipinski definition) is 4. The van der Waals surface area contributed by atoms with Crippen molar-refractivity contribution < 1.29 is 9.53 Å². The van der Waals surface area contributed by atoms with Crippen LogP contribution in [0.5, 0.6) is 0 Å². The summed E-state index contributed by atoms with van der Waals surface area (Å²) < 4.78 is 5.20. The zero-order chi connectivity index (χ0) is 15.0. The minimum atomic E-state index is -0.540. The molecule has 0 heterocycles. The maximum absolute atomic E-state index is 12.1. The summed E-state index contributed by atoms with van der Waals surface area (Å²) in [6.07, 6.45) is 7.25. The van der Waals surface area contributed by atoms with Gasteiger partial charge in [0.05, 0.1) is 6.61 Å². The monoisotopic (exact) mass is 284 g/mol. The van der Waals surface area contributed by atoms with Crippen LogP contribution in [-0.2, 0) is 9.53 Å². The van der Waals surface area contributed by atoms with E-state index in [1.807, 2.05) is 20.8 Å². The van der Waals surface area contributed by atoms with Gasteiger partial charge in [0.25, 0.3) is 0 Å². The van der Waals surface area contributed by atoms with Gasteiger partial charge in [-0.15, -0.1) is 0 Å². The van der Waals surface area contributed by atoms with Crippen LogP contribution < -0.4 is 5.32 Å². The summed E-state index contributed by atoms with van der Waals surface area (Å²) in [6, 6.07) is 0.753. The van der Waals surface area contributed by atoms with E-state index in [0.717, 1.165) is 32.0 Å². The van der Waals surface area contributed by atoms with Crippen LogP contribution in [0.3, 0.4) is 0 Å². The van der Waals surface area contributed by atoms with Gasteiger partial charge >= 0.3 is 5.97 Å². The van der Waals surface area contributed by atoms with Crippen LogP contribution in [0.15, 0.2) is 0 Å². The van der Waals surface area contributed by atoms with Gasteiger partial charge in [-0.25, -0.2) is 0 Å². The molecule has 1 aliphatic carbocycles. The zero-order valence-corrected chi connectivity index (χ0v) is 13.7. The molecule has 0 saturated heterocycles. The van der Waals surface area contributed by atoms with Gasteiger partial charge in [-0.2, -0.15) is 0 Å². The van der Waals surface area contributed by atoms with Gasteiger partial charge in [-0.05, 0) is 59.7 Å². The van der Waals surface area contributed by atoms with Gasteiger partial charge in [-0.3, -0.25) is 4.79 Å². The number of rotatable bonds is 9. The third-order valence-corrected chi connectivity index (χ3v) is 4.43. The van der Waals surface area contributed by atoms with Crippen molar-refractivity contribution >= 4 is 5.97 Å². The van der Waals surface area contributed by atoms with Crippen LogP contribution in [0.1, 0.15) is 59.3 Å². The van der Waals surface area contributed by atoms with E-state index in [2.05, 4.69) is 17.3 Å². The predicted octanol–water partition coefficient (Wildman–Crippen LogP) is 2.57. The third-order valence-electron chi connectivity index (χ3n) is 4.43. The molecule has 0 radical (unpaired) electrons. The minimum Gasteiger partial charge on any atom is -0.465 e. The van der Waals surface area contributed by atoms with E-state index >= 15 is 0 Å². The maximum atomic E-state index is 12.1. The number of nitrogens with zero attached hydrogens (tertiary/aromatic N) is 1. The van der Waals surface area contributed by atoms with Crippen molar-refractivity contribution in [3.05, 3.63) is 0 Å². The lowest BCUT2D eigenvalue weighted by atomic mass is 9.95. The summed E-state index contributed by atoms with van der Waals surface area (Å²) in [7, 11) is 2.21. The molecule has 0 aromatic rings. The molecule has 0 aromatic carbocycles. The number of carbonyl (C=O) groups is 1. The molecular weight excluding hydrogens is 252 g/mol. The van der Waals surface area contributed by atoms with Gasteiger partial charge in [0.15, 0.2) is 0 Å². The number of hydrogen-bond donors (Lipinski definition) is 1. The normalized spacial score (nSPS) is 19.2. The molecule has 1 fully saturated rings. The van der Waals surface area contributed by atoms with Crippen molar-refractivity contribution in [1.82, 2.24) is 10.2 Å². The Hall–Kier alpha value is -0.610. The fourth-order valence-electron chi connectivity index (χ4n) is 3.15. The summed E-state index contributed by atoms with van der Waals surface area (Å²) in [5.74, 6) is -0.120. The van der Waals surface area contributed by atoms with E-state index in [4.69, 9.17) is 4.74 Å². The number of likely N-dealkylation sites (N-methyl/N-ethyl adjacent to an activating group) is 1. The van der Waals surface area contributed by atoms with Gasteiger partial charge in [0.1, 0.15) is 5.54 Å². The van der Waals surface area contributed by atoms with Crippen LogP contribution in [0, 0.1) is 0 Å².